The van der Waals surface area contributed by atoms with Gasteiger partial charge in [-0.05, 0) is 66.2 Å². The molecule has 0 spiro atoms. The molecule has 2 aliphatic rings. The zero-order chi connectivity index (χ0) is 19.6. The van der Waals surface area contributed by atoms with E-state index in [9.17, 15) is 13.2 Å². The maximum absolute atomic E-state index is 12.6. The summed E-state index contributed by atoms with van der Waals surface area (Å²) in [6.07, 6.45) is 2.39. The molecule has 0 N–H and O–H groups in total. The van der Waals surface area contributed by atoms with Crippen LogP contribution in [0, 0.1) is 5.92 Å². The molecule has 1 saturated heterocycles. The van der Waals surface area contributed by atoms with Gasteiger partial charge in [0.1, 0.15) is 0 Å². The van der Waals surface area contributed by atoms with Crippen LogP contribution in [-0.2, 0) is 9.31 Å². The van der Waals surface area contributed by atoms with E-state index < -0.39 is 23.8 Å². The van der Waals surface area contributed by atoms with Crippen molar-refractivity contribution in [1.29, 1.82) is 0 Å². The second-order valence-corrected chi connectivity index (χ2v) is 8.98. The molecule has 26 heavy (non-hydrogen) atoms. The van der Waals surface area contributed by atoms with E-state index in [1.807, 2.05) is 27.7 Å². The van der Waals surface area contributed by atoms with E-state index in [1.165, 1.54) is 24.8 Å². The van der Waals surface area contributed by atoms with Crippen LogP contribution >= 0.6 is 0 Å². The van der Waals surface area contributed by atoms with E-state index in [4.69, 9.17) is 9.31 Å². The van der Waals surface area contributed by atoms with Crippen LogP contribution in [0.15, 0.2) is 11.1 Å². The molecule has 0 unspecified atom stereocenters. The van der Waals surface area contributed by atoms with Crippen LogP contribution in [-0.4, -0.2) is 24.5 Å². The third-order valence-electron chi connectivity index (χ3n) is 6.43. The van der Waals surface area contributed by atoms with Crippen LogP contribution in [0.5, 0.6) is 0 Å². The van der Waals surface area contributed by atoms with Gasteiger partial charge in [0.15, 0.2) is 0 Å². The van der Waals surface area contributed by atoms with E-state index >= 15 is 0 Å². The van der Waals surface area contributed by atoms with Gasteiger partial charge in [0.25, 0.3) is 0 Å². The first-order valence-corrected chi connectivity index (χ1v) is 10.0. The van der Waals surface area contributed by atoms with Crippen molar-refractivity contribution >= 4 is 7.12 Å². The van der Waals surface area contributed by atoms with Gasteiger partial charge >= 0.3 is 13.3 Å². The Hall–Kier alpha value is -0.485. The number of hydrogen-bond donors (Lipinski definition) is 0. The fraction of sp³-hybridized carbons (Fsp3) is 0.900. The summed E-state index contributed by atoms with van der Waals surface area (Å²) >= 11 is 0. The molecular formula is C20H34BF3O2. The topological polar surface area (TPSA) is 18.5 Å². The van der Waals surface area contributed by atoms with E-state index in [0.717, 1.165) is 18.4 Å². The van der Waals surface area contributed by atoms with Gasteiger partial charge in [-0.1, -0.05) is 30.4 Å². The van der Waals surface area contributed by atoms with Crippen molar-refractivity contribution in [3.05, 3.63) is 11.1 Å². The Morgan fingerprint density at radius 2 is 1.54 bits per heavy atom. The molecule has 6 heteroatoms. The molecule has 2 rings (SSSR count). The minimum Gasteiger partial charge on any atom is -0.403 e. The van der Waals surface area contributed by atoms with Crippen LogP contribution in [0.2, 0.25) is 6.32 Å². The molecule has 0 atom stereocenters. The number of halogens is 3. The molecule has 150 valence electrons. The Labute approximate surface area is 157 Å². The number of hydrogen-bond acceptors (Lipinski definition) is 2. The molecule has 1 heterocycles. The lowest BCUT2D eigenvalue weighted by molar-refractivity contribution is -0.135. The summed E-state index contributed by atoms with van der Waals surface area (Å²) in [4.78, 5) is 0. The molecule has 0 aromatic rings. The van der Waals surface area contributed by atoms with Gasteiger partial charge in [-0.15, -0.1) is 0 Å². The summed E-state index contributed by atoms with van der Waals surface area (Å²) in [6, 6.07) is 0. The molecule has 2 fully saturated rings. The summed E-state index contributed by atoms with van der Waals surface area (Å²) in [7, 11) is -0.376. The predicted octanol–water partition coefficient (Wildman–Crippen LogP) is 6.71. The van der Waals surface area contributed by atoms with E-state index in [-0.39, 0.29) is 13.5 Å². The van der Waals surface area contributed by atoms with Crippen LogP contribution in [0.25, 0.3) is 0 Å². The van der Waals surface area contributed by atoms with Gasteiger partial charge in [-0.2, -0.15) is 13.2 Å². The molecule has 2 nitrogen and oxygen atoms in total. The monoisotopic (exact) mass is 374 g/mol. The highest BCUT2D eigenvalue weighted by Crippen LogP contribution is 2.41. The third-order valence-corrected chi connectivity index (χ3v) is 6.43. The van der Waals surface area contributed by atoms with Gasteiger partial charge < -0.3 is 9.31 Å². The molecule has 0 radical (unpaired) electrons. The first kappa shape index (κ1) is 21.8. The maximum atomic E-state index is 12.6. The van der Waals surface area contributed by atoms with Crippen molar-refractivity contribution < 1.29 is 22.5 Å². The maximum Gasteiger partial charge on any atom is 0.462 e. The van der Waals surface area contributed by atoms with Gasteiger partial charge in [0.05, 0.1) is 11.2 Å². The predicted molar refractivity (Wildman–Crippen MR) is 100 cm³/mol. The lowest BCUT2D eigenvalue weighted by atomic mass is 9.73. The van der Waals surface area contributed by atoms with Crippen LogP contribution in [0.3, 0.4) is 0 Å². The highest BCUT2D eigenvalue weighted by molar-refractivity contribution is 6.46. The zero-order valence-electron chi connectivity index (χ0n) is 17.0. The Kier molecular flexibility index (Phi) is 6.93. The minimum atomic E-state index is -4.09. The summed E-state index contributed by atoms with van der Waals surface area (Å²) in [5, 5.41) is 0. The van der Waals surface area contributed by atoms with Crippen molar-refractivity contribution in [3.8, 4) is 0 Å². The fourth-order valence-electron chi connectivity index (χ4n) is 4.04. The van der Waals surface area contributed by atoms with Crippen molar-refractivity contribution in [3.63, 3.8) is 0 Å². The largest absolute Gasteiger partial charge is 0.462 e. The lowest BCUT2D eigenvalue weighted by Gasteiger charge is -2.32. The molecule has 0 aromatic carbocycles. The minimum absolute atomic E-state index is 0.141. The highest BCUT2D eigenvalue weighted by Gasteiger charge is 2.51. The van der Waals surface area contributed by atoms with Crippen molar-refractivity contribution in [2.45, 2.75) is 110 Å². The summed E-state index contributed by atoms with van der Waals surface area (Å²) in [5.74, 6) is 0.507. The number of alkyl halides is 3. The van der Waals surface area contributed by atoms with Crippen molar-refractivity contribution in [1.82, 2.24) is 0 Å². The number of allylic oxidation sites excluding steroid dienone is 2. The van der Waals surface area contributed by atoms with Crippen molar-refractivity contribution in [2.24, 2.45) is 5.92 Å². The second-order valence-electron chi connectivity index (χ2n) is 8.98. The first-order valence-electron chi connectivity index (χ1n) is 10.0. The fourth-order valence-corrected chi connectivity index (χ4v) is 4.04. The Morgan fingerprint density at radius 1 is 1.00 bits per heavy atom. The van der Waals surface area contributed by atoms with Crippen LogP contribution in [0.1, 0.15) is 86.0 Å². The average molecular weight is 374 g/mol. The normalized spacial score (nSPS) is 24.7. The lowest BCUT2D eigenvalue weighted by Crippen LogP contribution is -2.41. The van der Waals surface area contributed by atoms with E-state index in [0.29, 0.717) is 18.7 Å². The Balaban J connectivity index is 2.10. The zero-order valence-corrected chi connectivity index (χ0v) is 17.0. The molecule has 0 amide bonds. The standard InChI is InChI=1S/C20H34BF3O2/c1-15(16-10-7-6-8-11-16)17(12-9-13-20(22,23)24)14-21-25-18(2,3)19(4,5)26-21/h16H,6-14H2,1-5H3/b17-15-. The van der Waals surface area contributed by atoms with E-state index in [1.54, 1.807) is 0 Å². The quantitative estimate of drug-likeness (QED) is 0.380. The summed E-state index contributed by atoms with van der Waals surface area (Å²) in [6.45, 7) is 10.1. The van der Waals surface area contributed by atoms with Crippen LogP contribution in [0.4, 0.5) is 13.2 Å². The van der Waals surface area contributed by atoms with Gasteiger partial charge in [0, 0.05) is 12.7 Å². The molecule has 1 aliphatic carbocycles. The van der Waals surface area contributed by atoms with Gasteiger partial charge in [0.2, 0.25) is 0 Å². The molecule has 1 aliphatic heterocycles. The summed E-state index contributed by atoms with van der Waals surface area (Å²) < 4.78 is 50.0. The summed E-state index contributed by atoms with van der Waals surface area (Å²) in [5.41, 5.74) is 1.57. The van der Waals surface area contributed by atoms with Gasteiger partial charge in [-0.3, -0.25) is 0 Å². The molecule has 0 aromatic heterocycles. The van der Waals surface area contributed by atoms with Crippen LogP contribution < -0.4 is 0 Å². The van der Waals surface area contributed by atoms with Crippen molar-refractivity contribution in [2.75, 3.05) is 0 Å². The van der Waals surface area contributed by atoms with Gasteiger partial charge in [-0.25, -0.2) is 0 Å². The molecule has 0 bridgehead atoms. The average Bonchev–Trinajstić information content (AvgIpc) is 2.72. The highest BCUT2D eigenvalue weighted by atomic mass is 19.4. The smallest absolute Gasteiger partial charge is 0.403 e. The van der Waals surface area contributed by atoms with E-state index in [2.05, 4.69) is 6.92 Å². The first-order chi connectivity index (χ1) is 11.9. The molecule has 1 saturated carbocycles. The second kappa shape index (κ2) is 8.26. The Morgan fingerprint density at radius 3 is 2.04 bits per heavy atom. The SMILES string of the molecule is C/C(=C(\CCCC(F)(F)F)CB1OC(C)(C)C(C)(C)O1)C1CCCCC1. The Bertz CT molecular complexity index is 490. The number of rotatable bonds is 6. The third kappa shape index (κ3) is 5.75. The molecular weight excluding hydrogens is 340 g/mol.